The summed E-state index contributed by atoms with van der Waals surface area (Å²) in [6.45, 7) is 3.66. The summed E-state index contributed by atoms with van der Waals surface area (Å²) < 4.78 is 5.87. The molecule has 0 amide bonds. The fourth-order valence-electron chi connectivity index (χ4n) is 3.02. The van der Waals surface area contributed by atoms with Crippen LogP contribution < -0.4 is 5.32 Å². The summed E-state index contributed by atoms with van der Waals surface area (Å²) in [5, 5.41) is 5.09. The molecule has 0 bridgehead atoms. The second-order valence-electron chi connectivity index (χ2n) is 5.98. The van der Waals surface area contributed by atoms with E-state index >= 15 is 0 Å². The van der Waals surface area contributed by atoms with Gasteiger partial charge in [0, 0.05) is 36.1 Å². The first-order valence-electron chi connectivity index (χ1n) is 7.79. The van der Waals surface area contributed by atoms with Gasteiger partial charge in [0.05, 0.1) is 18.2 Å². The van der Waals surface area contributed by atoms with Crippen LogP contribution in [0, 0.1) is 0 Å². The number of ether oxygens (including phenoxy) is 1. The monoisotopic (exact) mass is 318 g/mol. The van der Waals surface area contributed by atoms with Crippen LogP contribution in [0.1, 0.15) is 12.8 Å². The Balaban J connectivity index is 1.45. The molecule has 0 radical (unpaired) electrons. The van der Waals surface area contributed by atoms with Crippen molar-refractivity contribution in [3.8, 4) is 0 Å². The second-order valence-corrected chi connectivity index (χ2v) is 6.42. The zero-order chi connectivity index (χ0) is 14.9. The average molecular weight is 319 g/mol. The number of nitrogens with zero attached hydrogens (tertiary/aromatic N) is 3. The Morgan fingerprint density at radius 2 is 2.23 bits per heavy atom. The molecule has 1 N–H and O–H groups in total. The normalized spacial score (nSPS) is 22.9. The van der Waals surface area contributed by atoms with Crippen LogP contribution in [0.4, 0.5) is 5.82 Å². The number of anilines is 1. The van der Waals surface area contributed by atoms with E-state index < -0.39 is 0 Å². The van der Waals surface area contributed by atoms with Crippen LogP contribution >= 0.6 is 11.6 Å². The van der Waals surface area contributed by atoms with Gasteiger partial charge in [-0.2, -0.15) is 0 Å². The molecule has 5 nitrogen and oxygen atoms in total. The number of nitrogens with one attached hydrogen (secondary N) is 1. The molecule has 1 aromatic heterocycles. The van der Waals surface area contributed by atoms with Gasteiger partial charge in [0.25, 0.3) is 0 Å². The van der Waals surface area contributed by atoms with Crippen LogP contribution in [0.5, 0.6) is 0 Å². The molecule has 6 heteroatoms. The third kappa shape index (κ3) is 3.02. The molecule has 1 aliphatic carbocycles. The van der Waals surface area contributed by atoms with Gasteiger partial charge >= 0.3 is 0 Å². The zero-order valence-electron chi connectivity index (χ0n) is 12.3. The van der Waals surface area contributed by atoms with Crippen molar-refractivity contribution in [1.29, 1.82) is 0 Å². The van der Waals surface area contributed by atoms with Crippen molar-refractivity contribution in [2.75, 3.05) is 31.6 Å². The number of hydrogen-bond donors (Lipinski definition) is 1. The van der Waals surface area contributed by atoms with Crippen molar-refractivity contribution in [3.05, 3.63) is 29.5 Å². The van der Waals surface area contributed by atoms with Crippen LogP contribution in [0.15, 0.2) is 24.5 Å². The Labute approximate surface area is 134 Å². The Bertz CT molecular complexity index is 676. The summed E-state index contributed by atoms with van der Waals surface area (Å²) in [5.74, 6) is 0.841. The Morgan fingerprint density at radius 1 is 1.32 bits per heavy atom. The molecule has 0 spiro atoms. The standard InChI is InChI=1S/C16H19ClN4O/c17-11-1-4-14-15(7-11)19-10-20-16(14)18-8-13-9-21(5-6-22-13)12-2-3-12/h1,4,7,10,12-13H,2-3,5-6,8-9H2,(H,18,19,20). The first kappa shape index (κ1) is 14.2. The summed E-state index contributed by atoms with van der Waals surface area (Å²) in [7, 11) is 0. The van der Waals surface area contributed by atoms with Crippen molar-refractivity contribution in [1.82, 2.24) is 14.9 Å². The Hall–Kier alpha value is -1.43. The lowest BCUT2D eigenvalue weighted by Crippen LogP contribution is -2.46. The summed E-state index contributed by atoms with van der Waals surface area (Å²) in [5.41, 5.74) is 0.856. The second kappa shape index (κ2) is 5.99. The van der Waals surface area contributed by atoms with Gasteiger partial charge in [-0.05, 0) is 31.0 Å². The molecular weight excluding hydrogens is 300 g/mol. The Kier molecular flexibility index (Phi) is 3.86. The molecule has 1 saturated heterocycles. The molecule has 1 aromatic carbocycles. The fourth-order valence-corrected chi connectivity index (χ4v) is 3.18. The topological polar surface area (TPSA) is 50.3 Å². The van der Waals surface area contributed by atoms with Crippen molar-refractivity contribution in [2.45, 2.75) is 25.0 Å². The minimum atomic E-state index is 0.215. The van der Waals surface area contributed by atoms with Gasteiger partial charge in [0.15, 0.2) is 0 Å². The van der Waals surface area contributed by atoms with E-state index in [9.17, 15) is 0 Å². The molecular formula is C16H19ClN4O. The van der Waals surface area contributed by atoms with E-state index in [-0.39, 0.29) is 6.10 Å². The van der Waals surface area contributed by atoms with E-state index in [0.29, 0.717) is 5.02 Å². The smallest absolute Gasteiger partial charge is 0.137 e. The summed E-state index contributed by atoms with van der Waals surface area (Å²) in [4.78, 5) is 11.2. The maximum Gasteiger partial charge on any atom is 0.137 e. The molecule has 1 unspecified atom stereocenters. The Morgan fingerprint density at radius 3 is 3.09 bits per heavy atom. The summed E-state index contributed by atoms with van der Waals surface area (Å²) in [6, 6.07) is 6.48. The van der Waals surface area contributed by atoms with E-state index in [2.05, 4.69) is 20.2 Å². The lowest BCUT2D eigenvalue weighted by atomic mass is 10.2. The first-order valence-corrected chi connectivity index (χ1v) is 8.17. The minimum absolute atomic E-state index is 0.215. The van der Waals surface area contributed by atoms with Crippen LogP contribution in [0.25, 0.3) is 10.9 Å². The van der Waals surface area contributed by atoms with Gasteiger partial charge in [-0.25, -0.2) is 9.97 Å². The highest BCUT2D eigenvalue weighted by atomic mass is 35.5. The highest BCUT2D eigenvalue weighted by molar-refractivity contribution is 6.31. The molecule has 1 atom stereocenters. The predicted molar refractivity (Wildman–Crippen MR) is 87.4 cm³/mol. The number of rotatable bonds is 4. The number of morpholine rings is 1. The molecule has 1 saturated carbocycles. The predicted octanol–water partition coefficient (Wildman–Crippen LogP) is 2.56. The van der Waals surface area contributed by atoms with Gasteiger partial charge in [0.2, 0.25) is 0 Å². The van der Waals surface area contributed by atoms with Gasteiger partial charge in [-0.3, -0.25) is 4.90 Å². The number of benzene rings is 1. The molecule has 2 heterocycles. The van der Waals surface area contributed by atoms with Crippen LogP contribution in [0.3, 0.4) is 0 Å². The van der Waals surface area contributed by atoms with Gasteiger partial charge < -0.3 is 10.1 Å². The molecule has 2 aromatic rings. The third-order valence-corrected chi connectivity index (χ3v) is 4.56. The van der Waals surface area contributed by atoms with E-state index in [1.54, 1.807) is 6.33 Å². The summed E-state index contributed by atoms with van der Waals surface area (Å²) in [6.07, 6.45) is 4.47. The maximum absolute atomic E-state index is 6.02. The maximum atomic E-state index is 6.02. The zero-order valence-corrected chi connectivity index (χ0v) is 13.1. The van der Waals surface area contributed by atoms with Crippen molar-refractivity contribution in [2.24, 2.45) is 0 Å². The highest BCUT2D eigenvalue weighted by Crippen LogP contribution is 2.28. The number of aromatic nitrogens is 2. The van der Waals surface area contributed by atoms with Crippen LogP contribution in [-0.2, 0) is 4.74 Å². The molecule has 22 heavy (non-hydrogen) atoms. The quantitative estimate of drug-likeness (QED) is 0.939. The lowest BCUT2D eigenvalue weighted by molar-refractivity contribution is -0.0241. The van der Waals surface area contributed by atoms with Crippen LogP contribution in [0.2, 0.25) is 5.02 Å². The highest BCUT2D eigenvalue weighted by Gasteiger charge is 2.32. The number of hydrogen-bond acceptors (Lipinski definition) is 5. The molecule has 1 aliphatic heterocycles. The van der Waals surface area contributed by atoms with Crippen molar-refractivity contribution < 1.29 is 4.74 Å². The van der Waals surface area contributed by atoms with Gasteiger partial charge in [0.1, 0.15) is 12.1 Å². The van der Waals surface area contributed by atoms with E-state index in [1.807, 2.05) is 18.2 Å². The molecule has 116 valence electrons. The third-order valence-electron chi connectivity index (χ3n) is 4.33. The molecule has 4 rings (SSSR count). The molecule has 2 fully saturated rings. The number of fused-ring (bicyclic) bond motifs is 1. The van der Waals surface area contributed by atoms with E-state index in [0.717, 1.165) is 49.0 Å². The number of halogens is 1. The lowest BCUT2D eigenvalue weighted by Gasteiger charge is -2.33. The van der Waals surface area contributed by atoms with Gasteiger partial charge in [-0.15, -0.1) is 0 Å². The van der Waals surface area contributed by atoms with E-state index in [4.69, 9.17) is 16.3 Å². The minimum Gasteiger partial charge on any atom is -0.374 e. The van der Waals surface area contributed by atoms with E-state index in [1.165, 1.54) is 12.8 Å². The largest absolute Gasteiger partial charge is 0.374 e. The van der Waals surface area contributed by atoms with Crippen LogP contribution in [-0.4, -0.2) is 53.3 Å². The fraction of sp³-hybridized carbons (Fsp3) is 0.500. The van der Waals surface area contributed by atoms with Crippen molar-refractivity contribution in [3.63, 3.8) is 0 Å². The van der Waals surface area contributed by atoms with Gasteiger partial charge in [-0.1, -0.05) is 11.6 Å². The van der Waals surface area contributed by atoms with Crippen molar-refractivity contribution >= 4 is 28.3 Å². The molecule has 2 aliphatic rings. The summed E-state index contributed by atoms with van der Waals surface area (Å²) >= 11 is 6.02. The average Bonchev–Trinajstić information content (AvgIpc) is 3.37. The SMILES string of the molecule is Clc1ccc2c(NCC3CN(C4CC4)CCO3)ncnc2c1. The first-order chi connectivity index (χ1) is 10.8.